The van der Waals surface area contributed by atoms with Gasteiger partial charge in [0.1, 0.15) is 18.1 Å². The van der Waals surface area contributed by atoms with E-state index >= 15 is 0 Å². The van der Waals surface area contributed by atoms with Gasteiger partial charge in [0.05, 0.1) is 12.6 Å². The van der Waals surface area contributed by atoms with Crippen LogP contribution in [0, 0.1) is 11.3 Å². The van der Waals surface area contributed by atoms with Crippen LogP contribution in [0.5, 0.6) is 0 Å². The van der Waals surface area contributed by atoms with E-state index < -0.39 is 5.41 Å². The highest BCUT2D eigenvalue weighted by Gasteiger charge is 2.30. The number of nitrogens with zero attached hydrogens (tertiary/aromatic N) is 4. The summed E-state index contributed by atoms with van der Waals surface area (Å²) in [6.07, 6.45) is 7.03. The Balaban J connectivity index is 2.02. The highest BCUT2D eigenvalue weighted by molar-refractivity contribution is 5.54. The summed E-state index contributed by atoms with van der Waals surface area (Å²) >= 11 is 0. The van der Waals surface area contributed by atoms with Crippen molar-refractivity contribution < 1.29 is 0 Å². The molecule has 0 fully saturated rings. The molecule has 0 aliphatic heterocycles. The number of hydrogen-bond acceptors (Lipinski definition) is 3. The van der Waals surface area contributed by atoms with Crippen molar-refractivity contribution in [3.63, 3.8) is 0 Å². The lowest BCUT2D eigenvalue weighted by molar-refractivity contribution is 0.501. The van der Waals surface area contributed by atoms with Crippen LogP contribution in [0.15, 0.2) is 79.4 Å². The van der Waals surface area contributed by atoms with Crippen LogP contribution < -0.4 is 0 Å². The number of nitriles is 1. The van der Waals surface area contributed by atoms with Crippen LogP contribution >= 0.6 is 0 Å². The molecular weight excluding hydrogens is 284 g/mol. The summed E-state index contributed by atoms with van der Waals surface area (Å²) in [7, 11) is 0. The Morgan fingerprint density at radius 1 is 1.04 bits per heavy atom. The van der Waals surface area contributed by atoms with Crippen LogP contribution in [0.3, 0.4) is 0 Å². The summed E-state index contributed by atoms with van der Waals surface area (Å²) in [5.41, 5.74) is 1.19. The summed E-state index contributed by atoms with van der Waals surface area (Å²) in [5, 5.41) is 14.1. The third-order valence-electron chi connectivity index (χ3n) is 3.73. The molecule has 0 saturated carbocycles. The lowest BCUT2D eigenvalue weighted by atomic mass is 9.81. The quantitative estimate of drug-likeness (QED) is 0.725. The van der Waals surface area contributed by atoms with Gasteiger partial charge in [-0.25, -0.2) is 4.98 Å². The molecule has 3 aromatic rings. The first-order chi connectivity index (χ1) is 11.3. The number of allylic oxidation sites excluding steroid dienone is 1. The Hall–Kier alpha value is -3.19. The van der Waals surface area contributed by atoms with Gasteiger partial charge in [0.25, 0.3) is 0 Å². The van der Waals surface area contributed by atoms with E-state index in [-0.39, 0.29) is 0 Å². The molecule has 2 aromatic carbocycles. The second kappa shape index (κ2) is 6.71. The Morgan fingerprint density at radius 2 is 1.74 bits per heavy atom. The topological polar surface area (TPSA) is 54.5 Å². The van der Waals surface area contributed by atoms with Crippen molar-refractivity contribution >= 4 is 6.08 Å². The maximum atomic E-state index is 9.94. The average Bonchev–Trinajstić information content (AvgIpc) is 3.13. The minimum Gasteiger partial charge on any atom is -0.251 e. The van der Waals surface area contributed by atoms with Gasteiger partial charge in [0, 0.05) is 0 Å². The lowest BCUT2D eigenvalue weighted by Crippen LogP contribution is -2.28. The summed E-state index contributed by atoms with van der Waals surface area (Å²) in [6.45, 7) is 0.414. The molecule has 0 saturated heterocycles. The van der Waals surface area contributed by atoms with Gasteiger partial charge in [-0.15, -0.1) is 0 Å². The van der Waals surface area contributed by atoms with Crippen LogP contribution in [0.1, 0.15) is 11.1 Å². The normalized spacial score (nSPS) is 13.5. The van der Waals surface area contributed by atoms with E-state index in [0.29, 0.717) is 6.54 Å². The molecule has 4 nitrogen and oxygen atoms in total. The zero-order chi connectivity index (χ0) is 16.0. The fourth-order valence-corrected chi connectivity index (χ4v) is 2.49. The van der Waals surface area contributed by atoms with Crippen LogP contribution in [-0.2, 0) is 12.0 Å². The Morgan fingerprint density at radius 3 is 2.35 bits per heavy atom. The van der Waals surface area contributed by atoms with Crippen LogP contribution in [0.2, 0.25) is 0 Å². The number of aromatic nitrogens is 3. The predicted molar refractivity (Wildman–Crippen MR) is 89.2 cm³/mol. The number of rotatable bonds is 5. The van der Waals surface area contributed by atoms with Gasteiger partial charge in [-0.05, 0) is 11.1 Å². The molecule has 1 aromatic heterocycles. The highest BCUT2D eigenvalue weighted by atomic mass is 15.3. The molecule has 0 radical (unpaired) electrons. The summed E-state index contributed by atoms with van der Waals surface area (Å²) in [4.78, 5) is 3.97. The van der Waals surface area contributed by atoms with Crippen molar-refractivity contribution in [3.05, 3.63) is 90.5 Å². The molecule has 1 atom stereocenters. The van der Waals surface area contributed by atoms with E-state index in [1.165, 1.54) is 6.33 Å². The first kappa shape index (κ1) is 14.7. The fraction of sp³-hybridized carbons (Fsp3) is 0.105. The fourth-order valence-electron chi connectivity index (χ4n) is 2.49. The van der Waals surface area contributed by atoms with Gasteiger partial charge in [0.2, 0.25) is 0 Å². The molecule has 0 bridgehead atoms. The van der Waals surface area contributed by atoms with Gasteiger partial charge in [-0.1, -0.05) is 72.8 Å². The second-order valence-electron chi connectivity index (χ2n) is 5.29. The van der Waals surface area contributed by atoms with Crippen molar-refractivity contribution in [1.82, 2.24) is 14.8 Å². The molecule has 0 N–H and O–H groups in total. The number of hydrogen-bond donors (Lipinski definition) is 0. The molecule has 112 valence electrons. The van der Waals surface area contributed by atoms with Gasteiger partial charge in [0.15, 0.2) is 0 Å². The van der Waals surface area contributed by atoms with Crippen molar-refractivity contribution in [2.75, 3.05) is 0 Å². The maximum absolute atomic E-state index is 9.94. The smallest absolute Gasteiger partial charge is 0.137 e. The summed E-state index contributed by atoms with van der Waals surface area (Å²) < 4.78 is 1.69. The zero-order valence-electron chi connectivity index (χ0n) is 12.6. The lowest BCUT2D eigenvalue weighted by Gasteiger charge is -2.23. The van der Waals surface area contributed by atoms with Crippen molar-refractivity contribution in [1.29, 1.82) is 5.26 Å². The van der Waals surface area contributed by atoms with E-state index in [2.05, 4.69) is 16.2 Å². The van der Waals surface area contributed by atoms with E-state index in [1.54, 1.807) is 11.0 Å². The molecule has 0 aliphatic carbocycles. The molecule has 0 spiro atoms. The highest BCUT2D eigenvalue weighted by Crippen LogP contribution is 2.28. The largest absolute Gasteiger partial charge is 0.251 e. The third-order valence-corrected chi connectivity index (χ3v) is 3.73. The molecular formula is C19H16N4. The van der Waals surface area contributed by atoms with E-state index in [9.17, 15) is 5.26 Å². The first-order valence-corrected chi connectivity index (χ1v) is 7.36. The Kier molecular flexibility index (Phi) is 4.30. The molecule has 4 heteroatoms. The Labute approximate surface area is 135 Å². The molecule has 23 heavy (non-hydrogen) atoms. The van der Waals surface area contributed by atoms with Gasteiger partial charge >= 0.3 is 0 Å². The zero-order valence-corrected chi connectivity index (χ0v) is 12.6. The van der Waals surface area contributed by atoms with E-state index in [0.717, 1.165) is 11.1 Å². The number of benzene rings is 2. The molecule has 1 unspecified atom stereocenters. The van der Waals surface area contributed by atoms with Gasteiger partial charge in [-0.2, -0.15) is 10.4 Å². The van der Waals surface area contributed by atoms with E-state index in [4.69, 9.17) is 0 Å². The standard InChI is InChI=1S/C19H16N4/c20-13-19(14-23-16-21-15-22-23,18-9-5-2-6-10-18)12-11-17-7-3-1-4-8-17/h1-12,15-16H,14H2/b12-11+. The summed E-state index contributed by atoms with van der Waals surface area (Å²) in [5.74, 6) is 0. The van der Waals surface area contributed by atoms with Crippen LogP contribution in [-0.4, -0.2) is 14.8 Å². The molecule has 3 rings (SSSR count). The average molecular weight is 300 g/mol. The van der Waals surface area contributed by atoms with Crippen LogP contribution in [0.4, 0.5) is 0 Å². The van der Waals surface area contributed by atoms with Crippen LogP contribution in [0.25, 0.3) is 6.08 Å². The minimum absolute atomic E-state index is 0.414. The van der Waals surface area contributed by atoms with Crippen molar-refractivity contribution in [3.8, 4) is 6.07 Å². The maximum Gasteiger partial charge on any atom is 0.137 e. The van der Waals surface area contributed by atoms with Crippen molar-refractivity contribution in [2.45, 2.75) is 12.0 Å². The SMILES string of the molecule is N#CC(/C=C/c1ccccc1)(Cn1cncn1)c1ccccc1. The summed E-state index contributed by atoms with van der Waals surface area (Å²) in [6, 6.07) is 22.2. The second-order valence-corrected chi connectivity index (χ2v) is 5.29. The monoisotopic (exact) mass is 300 g/mol. The predicted octanol–water partition coefficient (Wildman–Crippen LogP) is 3.45. The molecule has 0 aliphatic rings. The molecule has 1 heterocycles. The third kappa shape index (κ3) is 3.35. The first-order valence-electron chi connectivity index (χ1n) is 7.36. The van der Waals surface area contributed by atoms with E-state index in [1.807, 2.05) is 72.8 Å². The van der Waals surface area contributed by atoms with Crippen molar-refractivity contribution in [2.24, 2.45) is 0 Å². The van der Waals surface area contributed by atoms with Gasteiger partial charge < -0.3 is 0 Å². The minimum atomic E-state index is -0.801. The Bertz CT molecular complexity index is 802. The van der Waals surface area contributed by atoms with Gasteiger partial charge in [-0.3, -0.25) is 4.68 Å². The molecule has 0 amide bonds.